The van der Waals surface area contributed by atoms with E-state index in [-0.39, 0.29) is 29.8 Å². The van der Waals surface area contributed by atoms with Crippen LogP contribution in [0.15, 0.2) is 35.2 Å². The van der Waals surface area contributed by atoms with Gasteiger partial charge in [-0.1, -0.05) is 18.2 Å². The second-order valence-corrected chi connectivity index (χ2v) is 7.81. The maximum absolute atomic E-state index is 12.2. The molecule has 0 aromatic heterocycles. The molecule has 0 spiro atoms. The average Bonchev–Trinajstić information content (AvgIpc) is 2.55. The van der Waals surface area contributed by atoms with Gasteiger partial charge in [0.1, 0.15) is 0 Å². The summed E-state index contributed by atoms with van der Waals surface area (Å²) in [7, 11) is -3.54. The van der Waals surface area contributed by atoms with Gasteiger partial charge in [0.25, 0.3) is 0 Å². The van der Waals surface area contributed by atoms with Crippen LogP contribution >= 0.6 is 0 Å². The van der Waals surface area contributed by atoms with Gasteiger partial charge < -0.3 is 10.6 Å². The average molecular weight is 339 g/mol. The first-order valence-electron chi connectivity index (χ1n) is 7.98. The molecule has 1 aromatic rings. The number of amides is 1. The number of sulfonamides is 1. The maximum atomic E-state index is 12.2. The highest BCUT2D eigenvalue weighted by molar-refractivity contribution is 7.89. The summed E-state index contributed by atoms with van der Waals surface area (Å²) in [5.74, 6) is 0.458. The number of rotatable bonds is 6. The number of benzene rings is 1. The zero-order valence-corrected chi connectivity index (χ0v) is 14.3. The summed E-state index contributed by atoms with van der Waals surface area (Å²) in [4.78, 5) is 14.2. The maximum Gasteiger partial charge on any atom is 0.240 e. The first-order chi connectivity index (χ1) is 10.9. The molecular formula is C16H25N3O3S. The van der Waals surface area contributed by atoms with E-state index in [0.29, 0.717) is 19.0 Å². The van der Waals surface area contributed by atoms with Crippen LogP contribution in [0.1, 0.15) is 26.2 Å². The van der Waals surface area contributed by atoms with Crippen molar-refractivity contribution in [3.63, 3.8) is 0 Å². The summed E-state index contributed by atoms with van der Waals surface area (Å²) in [6.07, 6.45) is 2.01. The van der Waals surface area contributed by atoms with Crippen LogP contribution in [0.4, 0.5) is 0 Å². The van der Waals surface area contributed by atoms with Gasteiger partial charge >= 0.3 is 0 Å². The molecule has 1 aromatic carbocycles. The van der Waals surface area contributed by atoms with Gasteiger partial charge in [-0.2, -0.15) is 0 Å². The second-order valence-electron chi connectivity index (χ2n) is 6.04. The van der Waals surface area contributed by atoms with E-state index in [0.717, 1.165) is 12.8 Å². The lowest BCUT2D eigenvalue weighted by atomic mass is 9.91. The van der Waals surface area contributed by atoms with E-state index in [9.17, 15) is 13.2 Å². The molecule has 2 rings (SSSR count). The summed E-state index contributed by atoms with van der Waals surface area (Å²) >= 11 is 0. The minimum Gasteiger partial charge on any atom is -0.343 e. The lowest BCUT2D eigenvalue weighted by Gasteiger charge is -2.33. The number of nitrogens with one attached hydrogen (secondary N) is 1. The molecule has 7 heteroatoms. The van der Waals surface area contributed by atoms with Crippen molar-refractivity contribution >= 4 is 15.9 Å². The fraction of sp³-hybridized carbons (Fsp3) is 0.562. The molecule has 128 valence electrons. The monoisotopic (exact) mass is 339 g/mol. The van der Waals surface area contributed by atoms with Crippen molar-refractivity contribution in [3.8, 4) is 0 Å². The highest BCUT2D eigenvalue weighted by atomic mass is 32.2. The van der Waals surface area contributed by atoms with Gasteiger partial charge in [0.15, 0.2) is 0 Å². The molecule has 3 N–H and O–H groups in total. The number of nitrogens with two attached hydrogens (primary N) is 1. The number of piperidine rings is 1. The Morgan fingerprint density at radius 3 is 2.48 bits per heavy atom. The normalized spacial score (nSPS) is 17.9. The Hall–Kier alpha value is -1.44. The lowest BCUT2D eigenvalue weighted by Crippen LogP contribution is -2.43. The Labute approximate surface area is 138 Å². The molecule has 1 heterocycles. The minimum absolute atomic E-state index is 0.0103. The van der Waals surface area contributed by atoms with E-state index in [1.54, 1.807) is 23.1 Å². The number of carbonyl (C=O) groups excluding carboxylic acids is 1. The third-order valence-corrected chi connectivity index (χ3v) is 5.80. The second kappa shape index (κ2) is 7.90. The Morgan fingerprint density at radius 2 is 1.91 bits per heavy atom. The third-order valence-electron chi connectivity index (χ3n) is 4.32. The van der Waals surface area contributed by atoms with Gasteiger partial charge in [-0.3, -0.25) is 4.79 Å². The van der Waals surface area contributed by atoms with E-state index in [2.05, 4.69) is 4.72 Å². The zero-order chi connectivity index (χ0) is 16.9. The van der Waals surface area contributed by atoms with E-state index in [1.165, 1.54) is 12.1 Å². The standard InChI is InChI=1S/C16H25N3O3S/c1-13(17)14-8-11-19(12-9-14)16(20)7-10-18-23(21,22)15-5-3-2-4-6-15/h2-6,13-14,18H,7-12,17H2,1H3. The van der Waals surface area contributed by atoms with Crippen molar-refractivity contribution in [2.45, 2.75) is 37.1 Å². The Bertz CT molecular complexity index is 609. The van der Waals surface area contributed by atoms with E-state index in [4.69, 9.17) is 5.73 Å². The van der Waals surface area contributed by atoms with E-state index >= 15 is 0 Å². The number of hydrogen-bond acceptors (Lipinski definition) is 4. The molecular weight excluding hydrogens is 314 g/mol. The predicted octanol–water partition coefficient (Wildman–Crippen LogP) is 0.941. The Kier molecular flexibility index (Phi) is 6.15. The topological polar surface area (TPSA) is 92.5 Å². The fourth-order valence-corrected chi connectivity index (χ4v) is 3.86. The summed E-state index contributed by atoms with van der Waals surface area (Å²) in [5, 5.41) is 0. The van der Waals surface area contributed by atoms with Crippen LogP contribution in [0.5, 0.6) is 0 Å². The molecule has 1 fully saturated rings. The van der Waals surface area contributed by atoms with Crippen LogP contribution in [0, 0.1) is 5.92 Å². The van der Waals surface area contributed by atoms with Crippen LogP contribution in [-0.2, 0) is 14.8 Å². The Morgan fingerprint density at radius 1 is 1.30 bits per heavy atom. The summed E-state index contributed by atoms with van der Waals surface area (Å²) in [6, 6.07) is 8.31. The molecule has 0 bridgehead atoms. The van der Waals surface area contributed by atoms with Gasteiger partial charge in [0, 0.05) is 32.1 Å². The summed E-state index contributed by atoms with van der Waals surface area (Å²) < 4.78 is 26.6. The quantitative estimate of drug-likeness (QED) is 0.807. The van der Waals surface area contributed by atoms with Gasteiger partial charge in [0.05, 0.1) is 4.90 Å². The number of nitrogens with zero attached hydrogens (tertiary/aromatic N) is 1. The number of hydrogen-bond donors (Lipinski definition) is 2. The molecule has 0 radical (unpaired) electrons. The molecule has 1 amide bonds. The van der Waals surface area contributed by atoms with Gasteiger partial charge in [-0.15, -0.1) is 0 Å². The van der Waals surface area contributed by atoms with Crippen molar-refractivity contribution in [2.24, 2.45) is 11.7 Å². The predicted molar refractivity (Wildman–Crippen MR) is 89.2 cm³/mol. The van der Waals surface area contributed by atoms with Crippen LogP contribution in [-0.4, -0.2) is 44.9 Å². The van der Waals surface area contributed by atoms with Crippen molar-refractivity contribution in [3.05, 3.63) is 30.3 Å². The molecule has 1 saturated heterocycles. The molecule has 0 saturated carbocycles. The van der Waals surface area contributed by atoms with Crippen molar-refractivity contribution in [2.75, 3.05) is 19.6 Å². The first kappa shape index (κ1) is 17.9. The fourth-order valence-electron chi connectivity index (χ4n) is 2.81. The van der Waals surface area contributed by atoms with Crippen LogP contribution < -0.4 is 10.5 Å². The molecule has 1 aliphatic heterocycles. The summed E-state index contributed by atoms with van der Waals surface area (Å²) in [6.45, 7) is 3.52. The van der Waals surface area contributed by atoms with Crippen molar-refractivity contribution in [1.82, 2.24) is 9.62 Å². The van der Waals surface area contributed by atoms with Crippen molar-refractivity contribution < 1.29 is 13.2 Å². The molecule has 23 heavy (non-hydrogen) atoms. The highest BCUT2D eigenvalue weighted by Gasteiger charge is 2.24. The van der Waals surface area contributed by atoms with E-state index in [1.807, 2.05) is 6.92 Å². The molecule has 1 atom stereocenters. The molecule has 1 aliphatic rings. The van der Waals surface area contributed by atoms with Gasteiger partial charge in [0.2, 0.25) is 15.9 Å². The third kappa shape index (κ3) is 5.02. The number of likely N-dealkylation sites (tertiary alicyclic amines) is 1. The minimum atomic E-state index is -3.54. The summed E-state index contributed by atoms with van der Waals surface area (Å²) in [5.41, 5.74) is 5.89. The highest BCUT2D eigenvalue weighted by Crippen LogP contribution is 2.19. The van der Waals surface area contributed by atoms with Crippen molar-refractivity contribution in [1.29, 1.82) is 0 Å². The lowest BCUT2D eigenvalue weighted by molar-refractivity contribution is -0.132. The number of carbonyl (C=O) groups is 1. The van der Waals surface area contributed by atoms with Gasteiger partial charge in [-0.25, -0.2) is 13.1 Å². The van der Waals surface area contributed by atoms with Gasteiger partial charge in [-0.05, 0) is 37.8 Å². The smallest absolute Gasteiger partial charge is 0.240 e. The molecule has 6 nitrogen and oxygen atoms in total. The van der Waals surface area contributed by atoms with E-state index < -0.39 is 10.0 Å². The van der Waals surface area contributed by atoms with Crippen LogP contribution in [0.3, 0.4) is 0 Å². The largest absolute Gasteiger partial charge is 0.343 e. The SMILES string of the molecule is CC(N)C1CCN(C(=O)CCNS(=O)(=O)c2ccccc2)CC1. The molecule has 0 aliphatic carbocycles. The zero-order valence-electron chi connectivity index (χ0n) is 13.4. The Balaban J connectivity index is 1.77. The first-order valence-corrected chi connectivity index (χ1v) is 9.46. The molecule has 1 unspecified atom stereocenters. The van der Waals surface area contributed by atoms with Crippen LogP contribution in [0.25, 0.3) is 0 Å². The van der Waals surface area contributed by atoms with Crippen LogP contribution in [0.2, 0.25) is 0 Å².